The Bertz CT molecular complexity index is 528. The molecule has 0 bridgehead atoms. The van der Waals surface area contributed by atoms with Crippen molar-refractivity contribution in [3.63, 3.8) is 0 Å². The molecule has 1 N–H and O–H groups in total. The van der Waals surface area contributed by atoms with Gasteiger partial charge in [-0.3, -0.25) is 4.79 Å². The van der Waals surface area contributed by atoms with Crippen LogP contribution in [0.2, 0.25) is 0 Å². The van der Waals surface area contributed by atoms with E-state index in [1.54, 1.807) is 12.4 Å². The van der Waals surface area contributed by atoms with Crippen molar-refractivity contribution in [2.24, 2.45) is 0 Å². The molecule has 1 amide bonds. The molecule has 1 atom stereocenters. The van der Waals surface area contributed by atoms with Crippen LogP contribution in [0.25, 0.3) is 0 Å². The Morgan fingerprint density at radius 2 is 1.90 bits per heavy atom. The molecule has 20 heavy (non-hydrogen) atoms. The summed E-state index contributed by atoms with van der Waals surface area (Å²) in [6.07, 6.45) is 6.59. The molecule has 104 valence electrons. The molecule has 1 heterocycles. The topological polar surface area (TPSA) is 54.9 Å². The number of nitrogens with one attached hydrogen (secondary N) is 1. The molecular weight excluding hydrogens is 250 g/mol. The molecule has 0 saturated carbocycles. The highest BCUT2D eigenvalue weighted by Gasteiger charge is 2.17. The van der Waals surface area contributed by atoms with Gasteiger partial charge < -0.3 is 5.32 Å². The number of hydrogen-bond acceptors (Lipinski definition) is 3. The van der Waals surface area contributed by atoms with Gasteiger partial charge in [0.25, 0.3) is 0 Å². The number of aromatic nitrogens is 2. The molecule has 2 rings (SSSR count). The summed E-state index contributed by atoms with van der Waals surface area (Å²) in [4.78, 5) is 20.1. The van der Waals surface area contributed by atoms with Gasteiger partial charge in [0.05, 0.1) is 5.92 Å². The van der Waals surface area contributed by atoms with Crippen LogP contribution in [-0.4, -0.2) is 22.4 Å². The smallest absolute Gasteiger partial charge is 0.227 e. The summed E-state index contributed by atoms with van der Waals surface area (Å²) < 4.78 is 0. The molecule has 4 nitrogen and oxygen atoms in total. The molecule has 0 aliphatic carbocycles. The molecule has 0 aliphatic rings. The fraction of sp³-hybridized carbons (Fsp3) is 0.312. The second kappa shape index (κ2) is 7.38. The fourth-order valence-corrected chi connectivity index (χ4v) is 2.17. The lowest BCUT2D eigenvalue weighted by atomic mass is 9.95. The van der Waals surface area contributed by atoms with Crippen LogP contribution in [0.4, 0.5) is 0 Å². The van der Waals surface area contributed by atoms with Crippen LogP contribution < -0.4 is 5.32 Å². The maximum atomic E-state index is 12.2. The molecule has 2 aromatic rings. The molecule has 0 saturated heterocycles. The first-order valence-electron chi connectivity index (χ1n) is 6.87. The van der Waals surface area contributed by atoms with Crippen LogP contribution in [0.15, 0.2) is 49.1 Å². The van der Waals surface area contributed by atoms with E-state index in [0.717, 1.165) is 24.0 Å². The number of nitrogens with zero attached hydrogens (tertiary/aromatic N) is 2. The van der Waals surface area contributed by atoms with E-state index >= 15 is 0 Å². The second-order valence-electron chi connectivity index (χ2n) is 4.66. The lowest BCUT2D eigenvalue weighted by Gasteiger charge is -2.15. The lowest BCUT2D eigenvalue weighted by Crippen LogP contribution is -2.30. The fourth-order valence-electron chi connectivity index (χ4n) is 2.17. The number of hydrogen-bond donors (Lipinski definition) is 1. The van der Waals surface area contributed by atoms with Gasteiger partial charge in [0.15, 0.2) is 0 Å². The molecule has 0 fully saturated rings. The van der Waals surface area contributed by atoms with Crippen molar-refractivity contribution in [1.29, 1.82) is 0 Å². The van der Waals surface area contributed by atoms with E-state index in [9.17, 15) is 4.79 Å². The average molecular weight is 269 g/mol. The second-order valence-corrected chi connectivity index (χ2v) is 4.66. The monoisotopic (exact) mass is 269 g/mol. The molecule has 0 unspecified atom stereocenters. The highest BCUT2D eigenvalue weighted by molar-refractivity contribution is 5.83. The molecule has 4 heteroatoms. The SMILES string of the molecule is CC[C@@H](C(=O)NCCc1cncnc1)c1ccccc1. The number of carbonyl (C=O) groups is 1. The van der Waals surface area contributed by atoms with Crippen molar-refractivity contribution in [2.75, 3.05) is 6.54 Å². The lowest BCUT2D eigenvalue weighted by molar-refractivity contribution is -0.122. The highest BCUT2D eigenvalue weighted by atomic mass is 16.1. The van der Waals surface area contributed by atoms with Crippen molar-refractivity contribution in [2.45, 2.75) is 25.7 Å². The molecule has 1 aromatic heterocycles. The number of amides is 1. The largest absolute Gasteiger partial charge is 0.355 e. The van der Waals surface area contributed by atoms with Crippen LogP contribution in [0.3, 0.4) is 0 Å². The van der Waals surface area contributed by atoms with Crippen LogP contribution in [0.1, 0.15) is 30.4 Å². The average Bonchev–Trinajstić information content (AvgIpc) is 2.50. The van der Waals surface area contributed by atoms with Gasteiger partial charge in [-0.15, -0.1) is 0 Å². The minimum absolute atomic E-state index is 0.0792. The van der Waals surface area contributed by atoms with Gasteiger partial charge >= 0.3 is 0 Å². The summed E-state index contributed by atoms with van der Waals surface area (Å²) in [5, 5.41) is 2.99. The van der Waals surface area contributed by atoms with Crippen molar-refractivity contribution < 1.29 is 4.79 Å². The van der Waals surface area contributed by atoms with Gasteiger partial charge in [0, 0.05) is 18.9 Å². The number of carbonyl (C=O) groups excluding carboxylic acids is 1. The van der Waals surface area contributed by atoms with Crippen LogP contribution >= 0.6 is 0 Å². The third-order valence-corrected chi connectivity index (χ3v) is 3.25. The first-order chi connectivity index (χ1) is 9.81. The third-order valence-electron chi connectivity index (χ3n) is 3.25. The Labute approximate surface area is 119 Å². The van der Waals surface area contributed by atoms with Gasteiger partial charge in [-0.1, -0.05) is 37.3 Å². The third kappa shape index (κ3) is 3.88. The summed E-state index contributed by atoms with van der Waals surface area (Å²) in [6, 6.07) is 9.89. The molecule has 0 radical (unpaired) electrons. The zero-order valence-electron chi connectivity index (χ0n) is 11.6. The zero-order valence-corrected chi connectivity index (χ0v) is 11.6. The van der Waals surface area contributed by atoms with Gasteiger partial charge in [0.1, 0.15) is 6.33 Å². The quantitative estimate of drug-likeness (QED) is 0.875. The summed E-state index contributed by atoms with van der Waals surface area (Å²) in [6.45, 7) is 2.64. The van der Waals surface area contributed by atoms with Crippen LogP contribution in [-0.2, 0) is 11.2 Å². The van der Waals surface area contributed by atoms with E-state index in [-0.39, 0.29) is 11.8 Å². The Hall–Kier alpha value is -2.23. The summed E-state index contributed by atoms with van der Waals surface area (Å²) >= 11 is 0. The number of benzene rings is 1. The Kier molecular flexibility index (Phi) is 5.24. The van der Waals surface area contributed by atoms with Gasteiger partial charge in [0.2, 0.25) is 5.91 Å². The van der Waals surface area contributed by atoms with E-state index in [4.69, 9.17) is 0 Å². The molecule has 1 aromatic carbocycles. The highest BCUT2D eigenvalue weighted by Crippen LogP contribution is 2.19. The number of rotatable bonds is 6. The van der Waals surface area contributed by atoms with Crippen LogP contribution in [0, 0.1) is 0 Å². The van der Waals surface area contributed by atoms with Gasteiger partial charge in [-0.2, -0.15) is 0 Å². The maximum absolute atomic E-state index is 12.2. The van der Waals surface area contributed by atoms with Crippen LogP contribution in [0.5, 0.6) is 0 Å². The van der Waals surface area contributed by atoms with E-state index in [2.05, 4.69) is 15.3 Å². The normalized spacial score (nSPS) is 11.8. The molecule has 0 spiro atoms. The minimum atomic E-state index is -0.0803. The minimum Gasteiger partial charge on any atom is -0.355 e. The van der Waals surface area contributed by atoms with Crippen molar-refractivity contribution in [3.8, 4) is 0 Å². The molecular formula is C16H19N3O. The van der Waals surface area contributed by atoms with Gasteiger partial charge in [-0.05, 0) is 24.0 Å². The van der Waals surface area contributed by atoms with Crippen molar-refractivity contribution >= 4 is 5.91 Å². The molecule has 0 aliphatic heterocycles. The summed E-state index contributed by atoms with van der Waals surface area (Å²) in [5.41, 5.74) is 2.09. The zero-order chi connectivity index (χ0) is 14.2. The summed E-state index contributed by atoms with van der Waals surface area (Å²) in [7, 11) is 0. The predicted molar refractivity (Wildman–Crippen MR) is 78.2 cm³/mol. The van der Waals surface area contributed by atoms with E-state index in [1.807, 2.05) is 37.3 Å². The van der Waals surface area contributed by atoms with Gasteiger partial charge in [-0.25, -0.2) is 9.97 Å². The van der Waals surface area contributed by atoms with E-state index in [0.29, 0.717) is 6.54 Å². The Balaban J connectivity index is 1.87. The Morgan fingerprint density at radius 3 is 2.55 bits per heavy atom. The summed E-state index contributed by atoms with van der Waals surface area (Å²) in [5.74, 6) is -0.00114. The predicted octanol–water partition coefficient (Wildman–Crippen LogP) is 2.33. The Morgan fingerprint density at radius 1 is 1.20 bits per heavy atom. The van der Waals surface area contributed by atoms with E-state index in [1.165, 1.54) is 6.33 Å². The standard InChI is InChI=1S/C16H19N3O/c1-2-15(14-6-4-3-5-7-14)16(20)19-9-8-13-10-17-12-18-11-13/h3-7,10-12,15H,2,8-9H2,1H3,(H,19,20)/t15-/m1/s1. The van der Waals surface area contributed by atoms with Crippen molar-refractivity contribution in [3.05, 3.63) is 60.2 Å². The van der Waals surface area contributed by atoms with E-state index < -0.39 is 0 Å². The maximum Gasteiger partial charge on any atom is 0.227 e. The first-order valence-corrected chi connectivity index (χ1v) is 6.87. The first kappa shape index (κ1) is 14.2. The van der Waals surface area contributed by atoms with Crippen molar-refractivity contribution in [1.82, 2.24) is 15.3 Å².